The minimum Gasteiger partial charge on any atom is -0.309 e. The fourth-order valence-corrected chi connectivity index (χ4v) is 3.66. The lowest BCUT2D eigenvalue weighted by molar-refractivity contribution is 0.0897. The second kappa shape index (κ2) is 7.21. The van der Waals surface area contributed by atoms with Gasteiger partial charge in [-0.1, -0.05) is 25.1 Å². The number of halogens is 1. The molecule has 4 heteroatoms. The Hall–Kier alpha value is -0.900. The SMILES string of the molecule is CCC(CN(C)C)C(=O)c1sc2ccccc2c1C.Cl. The van der Waals surface area contributed by atoms with Crippen LogP contribution in [0.2, 0.25) is 0 Å². The zero-order valence-corrected chi connectivity index (χ0v) is 14.1. The summed E-state index contributed by atoms with van der Waals surface area (Å²) in [6.45, 7) is 4.98. The molecule has 2 rings (SSSR count). The normalized spacial score (nSPS) is 12.4. The number of benzene rings is 1. The van der Waals surface area contributed by atoms with Crippen LogP contribution >= 0.6 is 23.7 Å². The molecule has 2 aromatic rings. The van der Waals surface area contributed by atoms with Crippen molar-refractivity contribution in [2.75, 3.05) is 20.6 Å². The van der Waals surface area contributed by atoms with Crippen molar-refractivity contribution in [1.82, 2.24) is 4.90 Å². The highest BCUT2D eigenvalue weighted by Gasteiger charge is 2.23. The molecule has 0 amide bonds. The summed E-state index contributed by atoms with van der Waals surface area (Å²) in [4.78, 5) is 15.7. The molecule has 0 N–H and O–H groups in total. The predicted molar refractivity (Wildman–Crippen MR) is 90.5 cm³/mol. The zero-order chi connectivity index (χ0) is 14.0. The molecule has 0 aliphatic carbocycles. The topological polar surface area (TPSA) is 20.3 Å². The van der Waals surface area contributed by atoms with Gasteiger partial charge in [0.2, 0.25) is 0 Å². The van der Waals surface area contributed by atoms with Crippen molar-refractivity contribution in [3.63, 3.8) is 0 Å². The Morgan fingerprint density at radius 2 is 1.95 bits per heavy atom. The molecule has 0 radical (unpaired) electrons. The average molecular weight is 312 g/mol. The standard InChI is InChI=1S/C16H21NOS.ClH/c1-5-12(10-17(3)4)15(18)16-11(2)13-8-6-7-9-14(13)19-16;/h6-9,12H,5,10H2,1-4H3;1H. The molecular formula is C16H22ClNOS. The summed E-state index contributed by atoms with van der Waals surface area (Å²) in [6.07, 6.45) is 0.894. The van der Waals surface area contributed by atoms with E-state index in [4.69, 9.17) is 0 Å². The molecular weight excluding hydrogens is 290 g/mol. The van der Waals surface area contributed by atoms with Crippen LogP contribution in [0.15, 0.2) is 24.3 Å². The van der Waals surface area contributed by atoms with E-state index in [9.17, 15) is 4.79 Å². The van der Waals surface area contributed by atoms with Gasteiger partial charge < -0.3 is 4.90 Å². The molecule has 1 aromatic heterocycles. The Morgan fingerprint density at radius 3 is 2.50 bits per heavy atom. The lowest BCUT2D eigenvalue weighted by Gasteiger charge is -2.18. The van der Waals surface area contributed by atoms with E-state index < -0.39 is 0 Å². The van der Waals surface area contributed by atoms with Crippen molar-refractivity contribution < 1.29 is 4.79 Å². The quantitative estimate of drug-likeness (QED) is 0.763. The number of Topliss-reactive ketones (excluding diaryl/α,β-unsaturated/α-hetero) is 1. The number of carbonyl (C=O) groups excluding carboxylic acids is 1. The number of hydrogen-bond donors (Lipinski definition) is 0. The molecule has 2 nitrogen and oxygen atoms in total. The van der Waals surface area contributed by atoms with Gasteiger partial charge in [0.1, 0.15) is 0 Å². The molecule has 1 aromatic carbocycles. The third kappa shape index (κ3) is 3.40. The van der Waals surface area contributed by atoms with Crippen LogP contribution in [0.1, 0.15) is 28.6 Å². The fourth-order valence-electron chi connectivity index (χ4n) is 2.43. The number of carbonyl (C=O) groups is 1. The molecule has 1 unspecified atom stereocenters. The van der Waals surface area contributed by atoms with E-state index in [-0.39, 0.29) is 18.3 Å². The molecule has 0 aliphatic rings. The first-order valence-electron chi connectivity index (χ1n) is 6.71. The first-order valence-corrected chi connectivity index (χ1v) is 7.53. The van der Waals surface area contributed by atoms with Crippen molar-refractivity contribution >= 4 is 39.6 Å². The van der Waals surface area contributed by atoms with E-state index in [2.05, 4.69) is 30.9 Å². The van der Waals surface area contributed by atoms with E-state index in [1.165, 1.54) is 10.1 Å². The van der Waals surface area contributed by atoms with Gasteiger partial charge in [-0.25, -0.2) is 0 Å². The third-order valence-corrected chi connectivity index (χ3v) is 4.80. The lowest BCUT2D eigenvalue weighted by atomic mass is 9.97. The molecule has 0 spiro atoms. The molecule has 110 valence electrons. The average Bonchev–Trinajstić information content (AvgIpc) is 2.73. The van der Waals surface area contributed by atoms with Gasteiger partial charge in [0.25, 0.3) is 0 Å². The van der Waals surface area contributed by atoms with Crippen LogP contribution in [-0.4, -0.2) is 31.3 Å². The number of hydrogen-bond acceptors (Lipinski definition) is 3. The number of thiophene rings is 1. The first kappa shape index (κ1) is 17.2. The van der Waals surface area contributed by atoms with Crippen LogP contribution in [0.3, 0.4) is 0 Å². The van der Waals surface area contributed by atoms with Gasteiger partial charge in [-0.3, -0.25) is 4.79 Å². The third-order valence-electron chi connectivity index (χ3n) is 3.52. The maximum atomic E-state index is 12.7. The van der Waals surface area contributed by atoms with Crippen molar-refractivity contribution in [2.45, 2.75) is 20.3 Å². The smallest absolute Gasteiger partial charge is 0.177 e. The predicted octanol–water partition coefficient (Wildman–Crippen LogP) is 4.40. The van der Waals surface area contributed by atoms with Crippen LogP contribution in [0.5, 0.6) is 0 Å². The summed E-state index contributed by atoms with van der Waals surface area (Å²) in [5.41, 5.74) is 1.14. The molecule has 0 bridgehead atoms. The number of rotatable bonds is 5. The summed E-state index contributed by atoms with van der Waals surface area (Å²) >= 11 is 1.63. The van der Waals surface area contributed by atoms with Gasteiger partial charge in [-0.15, -0.1) is 23.7 Å². The minimum absolute atomic E-state index is 0. The van der Waals surface area contributed by atoms with Gasteiger partial charge in [0.05, 0.1) is 4.88 Å². The molecule has 0 saturated carbocycles. The summed E-state index contributed by atoms with van der Waals surface area (Å²) in [7, 11) is 4.04. The summed E-state index contributed by atoms with van der Waals surface area (Å²) < 4.78 is 1.21. The number of nitrogens with zero attached hydrogens (tertiary/aromatic N) is 1. The van der Waals surface area contributed by atoms with Crippen LogP contribution in [0.25, 0.3) is 10.1 Å². The largest absolute Gasteiger partial charge is 0.309 e. The Labute approximate surface area is 131 Å². The highest BCUT2D eigenvalue weighted by molar-refractivity contribution is 7.21. The number of aryl methyl sites for hydroxylation is 1. The van der Waals surface area contributed by atoms with E-state index in [1.54, 1.807) is 11.3 Å². The summed E-state index contributed by atoms with van der Waals surface area (Å²) in [5.74, 6) is 0.400. The van der Waals surface area contributed by atoms with E-state index >= 15 is 0 Å². The fraction of sp³-hybridized carbons (Fsp3) is 0.438. The van der Waals surface area contributed by atoms with Gasteiger partial charge in [0.15, 0.2) is 5.78 Å². The van der Waals surface area contributed by atoms with Crippen molar-refractivity contribution in [3.05, 3.63) is 34.7 Å². The van der Waals surface area contributed by atoms with Gasteiger partial charge in [0, 0.05) is 17.2 Å². The first-order chi connectivity index (χ1) is 9.04. The Kier molecular flexibility index (Phi) is 6.18. The highest BCUT2D eigenvalue weighted by atomic mass is 35.5. The molecule has 0 fully saturated rings. The van der Waals surface area contributed by atoms with Crippen LogP contribution in [0.4, 0.5) is 0 Å². The van der Waals surface area contributed by atoms with Crippen molar-refractivity contribution in [3.8, 4) is 0 Å². The van der Waals surface area contributed by atoms with E-state index in [1.807, 2.05) is 26.2 Å². The zero-order valence-electron chi connectivity index (χ0n) is 12.5. The van der Waals surface area contributed by atoms with Gasteiger partial charge in [-0.05, 0) is 44.5 Å². The molecule has 1 atom stereocenters. The van der Waals surface area contributed by atoms with Gasteiger partial charge >= 0.3 is 0 Å². The monoisotopic (exact) mass is 311 g/mol. The second-order valence-corrected chi connectivity index (χ2v) is 6.34. The molecule has 0 aliphatic heterocycles. The van der Waals surface area contributed by atoms with E-state index in [0.717, 1.165) is 23.4 Å². The van der Waals surface area contributed by atoms with Crippen molar-refractivity contribution in [1.29, 1.82) is 0 Å². The molecule has 0 saturated heterocycles. The van der Waals surface area contributed by atoms with E-state index in [0.29, 0.717) is 5.78 Å². The van der Waals surface area contributed by atoms with Crippen molar-refractivity contribution in [2.24, 2.45) is 5.92 Å². The second-order valence-electron chi connectivity index (χ2n) is 5.28. The van der Waals surface area contributed by atoms with Crippen LogP contribution in [0, 0.1) is 12.8 Å². The minimum atomic E-state index is 0. The van der Waals surface area contributed by atoms with Gasteiger partial charge in [-0.2, -0.15) is 0 Å². The Morgan fingerprint density at radius 1 is 1.30 bits per heavy atom. The maximum absolute atomic E-state index is 12.7. The molecule has 20 heavy (non-hydrogen) atoms. The number of fused-ring (bicyclic) bond motifs is 1. The van der Waals surface area contributed by atoms with Crippen LogP contribution in [-0.2, 0) is 0 Å². The molecule has 1 heterocycles. The van der Waals surface area contributed by atoms with Crippen LogP contribution < -0.4 is 0 Å². The summed E-state index contributed by atoms with van der Waals surface area (Å²) in [6, 6.07) is 8.26. The highest BCUT2D eigenvalue weighted by Crippen LogP contribution is 2.32. The Bertz CT molecular complexity index is 591. The number of ketones is 1. The summed E-state index contributed by atoms with van der Waals surface area (Å²) in [5, 5.41) is 1.22. The lowest BCUT2D eigenvalue weighted by Crippen LogP contribution is -2.27. The maximum Gasteiger partial charge on any atom is 0.177 e. The Balaban J connectivity index is 0.00000200.